The monoisotopic (exact) mass is 357 g/mol. The number of pyridine rings is 1. The predicted molar refractivity (Wildman–Crippen MR) is 106 cm³/mol. The molecule has 134 valence electrons. The average molecular weight is 357 g/mol. The zero-order valence-corrected chi connectivity index (χ0v) is 14.8. The van der Waals surface area contributed by atoms with Crippen LogP contribution in [0.5, 0.6) is 5.88 Å². The molecule has 0 amide bonds. The van der Waals surface area contributed by atoms with Crippen molar-refractivity contribution in [1.82, 2.24) is 9.97 Å². The Bertz CT molecular complexity index is 1060. The maximum Gasteiger partial charge on any atom is 0.213 e. The number of Topliss-reactive ketones (excluding diaryl/α,β-unsaturated/α-hetero) is 1. The average Bonchev–Trinajstić information content (AvgIpc) is 3.17. The first-order valence-corrected chi connectivity index (χ1v) is 8.68. The molecule has 1 atom stereocenters. The molecule has 2 heterocycles. The summed E-state index contributed by atoms with van der Waals surface area (Å²) in [4.78, 5) is 20.8. The number of aromatic nitrogens is 2. The zero-order chi connectivity index (χ0) is 18.6. The smallest absolute Gasteiger partial charge is 0.213 e. The largest absolute Gasteiger partial charge is 0.481 e. The second kappa shape index (κ2) is 7.33. The number of methoxy groups -OCH3 is 1. The van der Waals surface area contributed by atoms with E-state index in [1.165, 1.54) is 0 Å². The summed E-state index contributed by atoms with van der Waals surface area (Å²) < 4.78 is 5.10. The van der Waals surface area contributed by atoms with Gasteiger partial charge in [0.05, 0.1) is 19.0 Å². The lowest BCUT2D eigenvalue weighted by atomic mass is 9.97. The lowest BCUT2D eigenvalue weighted by molar-refractivity contribution is 0.0971. The molecule has 0 saturated carbocycles. The minimum atomic E-state index is -0.527. The van der Waals surface area contributed by atoms with E-state index in [1.54, 1.807) is 25.6 Å². The zero-order valence-electron chi connectivity index (χ0n) is 14.8. The number of carbonyl (C=O) groups excluding carboxylic acids is 1. The molecule has 0 aliphatic rings. The van der Waals surface area contributed by atoms with E-state index in [9.17, 15) is 4.79 Å². The lowest BCUT2D eigenvalue weighted by Gasteiger charge is -2.19. The van der Waals surface area contributed by atoms with E-state index in [4.69, 9.17) is 4.74 Å². The van der Waals surface area contributed by atoms with Crippen LogP contribution < -0.4 is 10.1 Å². The lowest BCUT2D eigenvalue weighted by Crippen LogP contribution is -2.21. The van der Waals surface area contributed by atoms with Crippen LogP contribution >= 0.6 is 0 Å². The van der Waals surface area contributed by atoms with Gasteiger partial charge in [-0.3, -0.25) is 4.79 Å². The van der Waals surface area contributed by atoms with Crippen molar-refractivity contribution in [2.24, 2.45) is 0 Å². The minimum Gasteiger partial charge on any atom is -0.481 e. The third kappa shape index (κ3) is 3.40. The molecular formula is C22H19N3O2. The van der Waals surface area contributed by atoms with Gasteiger partial charge < -0.3 is 15.0 Å². The first kappa shape index (κ1) is 16.8. The number of rotatable bonds is 6. The number of aromatic amines is 1. The summed E-state index contributed by atoms with van der Waals surface area (Å²) in [5, 5.41) is 4.23. The first-order chi connectivity index (χ1) is 13.3. The summed E-state index contributed by atoms with van der Waals surface area (Å²) in [5.74, 6) is 0.522. The maximum absolute atomic E-state index is 13.4. The second-order valence-electron chi connectivity index (χ2n) is 6.19. The van der Waals surface area contributed by atoms with E-state index in [2.05, 4.69) is 15.3 Å². The summed E-state index contributed by atoms with van der Waals surface area (Å²) >= 11 is 0. The van der Waals surface area contributed by atoms with Crippen molar-refractivity contribution in [3.8, 4) is 5.88 Å². The number of para-hydroxylation sites is 1. The van der Waals surface area contributed by atoms with Crippen LogP contribution in [-0.4, -0.2) is 22.9 Å². The maximum atomic E-state index is 13.4. The fraction of sp³-hybridized carbons (Fsp3) is 0.0909. The Hall–Kier alpha value is -3.60. The molecule has 0 radical (unpaired) electrons. The van der Waals surface area contributed by atoms with Gasteiger partial charge in [-0.15, -0.1) is 0 Å². The molecule has 0 saturated heterocycles. The number of anilines is 1. The number of H-pyrrole nitrogens is 1. The van der Waals surface area contributed by atoms with Crippen LogP contribution in [0.15, 0.2) is 79.1 Å². The Morgan fingerprint density at radius 2 is 1.81 bits per heavy atom. The molecule has 5 nitrogen and oxygen atoms in total. The third-order valence-electron chi connectivity index (χ3n) is 4.51. The topological polar surface area (TPSA) is 67.0 Å². The van der Waals surface area contributed by atoms with Crippen molar-refractivity contribution in [2.75, 3.05) is 12.4 Å². The van der Waals surface area contributed by atoms with E-state index in [-0.39, 0.29) is 5.78 Å². The number of fused-ring (bicyclic) bond motifs is 1. The number of hydrogen-bond donors (Lipinski definition) is 2. The Morgan fingerprint density at radius 3 is 2.56 bits per heavy atom. The van der Waals surface area contributed by atoms with Gasteiger partial charge in [0, 0.05) is 28.7 Å². The summed E-state index contributed by atoms with van der Waals surface area (Å²) in [6.45, 7) is 0. The molecule has 0 aliphatic carbocycles. The molecule has 0 fully saturated rings. The van der Waals surface area contributed by atoms with Gasteiger partial charge in [-0.1, -0.05) is 48.5 Å². The van der Waals surface area contributed by atoms with Crippen LogP contribution in [0.3, 0.4) is 0 Å². The fourth-order valence-electron chi connectivity index (χ4n) is 3.13. The molecule has 2 N–H and O–H groups in total. The van der Waals surface area contributed by atoms with Crippen LogP contribution in [0.4, 0.5) is 5.69 Å². The first-order valence-electron chi connectivity index (χ1n) is 8.68. The van der Waals surface area contributed by atoms with Crippen molar-refractivity contribution in [3.05, 3.63) is 90.3 Å². The molecule has 27 heavy (non-hydrogen) atoms. The molecule has 4 aromatic rings. The summed E-state index contributed by atoms with van der Waals surface area (Å²) in [7, 11) is 1.57. The highest BCUT2D eigenvalue weighted by Crippen LogP contribution is 2.27. The van der Waals surface area contributed by atoms with Crippen molar-refractivity contribution in [2.45, 2.75) is 6.04 Å². The fourth-order valence-corrected chi connectivity index (χ4v) is 3.13. The molecule has 0 spiro atoms. The van der Waals surface area contributed by atoms with Gasteiger partial charge in [0.2, 0.25) is 5.88 Å². The number of nitrogens with one attached hydrogen (secondary N) is 2. The molecule has 2 aromatic heterocycles. The molecule has 2 aromatic carbocycles. The normalized spacial score (nSPS) is 11.9. The quantitative estimate of drug-likeness (QED) is 0.495. The Kier molecular flexibility index (Phi) is 4.58. The van der Waals surface area contributed by atoms with Crippen molar-refractivity contribution in [1.29, 1.82) is 0 Å². The molecule has 5 heteroatoms. The Balaban J connectivity index is 1.72. The predicted octanol–water partition coefficient (Wildman–Crippen LogP) is 4.61. The number of carbonyl (C=O) groups is 1. The number of nitrogens with zero attached hydrogens (tertiary/aromatic N) is 1. The van der Waals surface area contributed by atoms with E-state index >= 15 is 0 Å². The van der Waals surface area contributed by atoms with E-state index in [0.717, 1.165) is 22.2 Å². The van der Waals surface area contributed by atoms with Gasteiger partial charge in [0.15, 0.2) is 5.78 Å². The molecule has 0 bridgehead atoms. The van der Waals surface area contributed by atoms with Crippen LogP contribution in [0.2, 0.25) is 0 Å². The summed E-state index contributed by atoms with van der Waals surface area (Å²) in [6, 6.07) is 20.6. The van der Waals surface area contributed by atoms with Crippen LogP contribution in [-0.2, 0) is 0 Å². The van der Waals surface area contributed by atoms with Crippen molar-refractivity contribution < 1.29 is 9.53 Å². The number of hydrogen-bond acceptors (Lipinski definition) is 4. The summed E-state index contributed by atoms with van der Waals surface area (Å²) in [5.41, 5.74) is 3.24. The molecule has 0 aliphatic heterocycles. The number of ketones is 1. The van der Waals surface area contributed by atoms with Gasteiger partial charge in [0.1, 0.15) is 6.04 Å². The highest BCUT2D eigenvalue weighted by molar-refractivity contribution is 6.11. The highest BCUT2D eigenvalue weighted by Gasteiger charge is 2.24. The van der Waals surface area contributed by atoms with Gasteiger partial charge in [0.25, 0.3) is 0 Å². The molecule has 0 unspecified atom stereocenters. The van der Waals surface area contributed by atoms with Crippen molar-refractivity contribution >= 4 is 22.4 Å². The standard InChI is InChI=1S/C22H19N3O2/c1-27-20-12-11-16(13-24-20)25-21(15-7-3-2-4-8-15)22(26)18-14-23-19-10-6-5-9-17(18)19/h2-14,21,23,25H,1H3/t21-/m0/s1. The SMILES string of the molecule is COc1ccc(N[C@H](C(=O)c2c[nH]c3ccccc23)c2ccccc2)cn1. The van der Waals surface area contributed by atoms with Gasteiger partial charge in [-0.25, -0.2) is 4.98 Å². The summed E-state index contributed by atoms with van der Waals surface area (Å²) in [6.07, 6.45) is 3.44. The number of benzene rings is 2. The van der Waals surface area contributed by atoms with Gasteiger partial charge >= 0.3 is 0 Å². The van der Waals surface area contributed by atoms with Crippen LogP contribution in [0.1, 0.15) is 22.0 Å². The Labute approximate surface area is 157 Å². The van der Waals surface area contributed by atoms with E-state index < -0.39 is 6.04 Å². The number of ether oxygens (including phenoxy) is 1. The minimum absolute atomic E-state index is 0.00512. The van der Waals surface area contributed by atoms with Crippen LogP contribution in [0.25, 0.3) is 10.9 Å². The van der Waals surface area contributed by atoms with E-state index in [0.29, 0.717) is 11.4 Å². The van der Waals surface area contributed by atoms with Gasteiger partial charge in [-0.2, -0.15) is 0 Å². The van der Waals surface area contributed by atoms with Crippen molar-refractivity contribution in [3.63, 3.8) is 0 Å². The molecular weight excluding hydrogens is 338 g/mol. The highest BCUT2D eigenvalue weighted by atomic mass is 16.5. The van der Waals surface area contributed by atoms with Gasteiger partial charge in [-0.05, 0) is 17.7 Å². The molecule has 4 rings (SSSR count). The second-order valence-corrected chi connectivity index (χ2v) is 6.19. The Morgan fingerprint density at radius 1 is 1.04 bits per heavy atom. The third-order valence-corrected chi connectivity index (χ3v) is 4.51. The van der Waals surface area contributed by atoms with E-state index in [1.807, 2.05) is 60.7 Å². The van der Waals surface area contributed by atoms with Crippen LogP contribution in [0, 0.1) is 0 Å².